The molecule has 0 bridgehead atoms. The van der Waals surface area contributed by atoms with Crippen molar-refractivity contribution in [3.8, 4) is 0 Å². The topological polar surface area (TPSA) is 46.6 Å². The normalized spacial score (nSPS) is 18.0. The van der Waals surface area contributed by atoms with Crippen molar-refractivity contribution in [2.24, 2.45) is 5.92 Å². The number of nitrogens with zero attached hydrogens (tertiary/aromatic N) is 1. The molecule has 0 radical (unpaired) electrons. The van der Waals surface area contributed by atoms with E-state index >= 15 is 0 Å². The van der Waals surface area contributed by atoms with E-state index < -0.39 is 10.0 Å². The number of halogens is 2. The summed E-state index contributed by atoms with van der Waals surface area (Å²) in [6.45, 7) is 1.72. The molecule has 0 N–H and O–H groups in total. The van der Waals surface area contributed by atoms with E-state index in [2.05, 4.69) is 0 Å². The molecular formula is C14H19Cl2NO3S. The lowest BCUT2D eigenvalue weighted by Crippen LogP contribution is -2.39. The van der Waals surface area contributed by atoms with Crippen LogP contribution in [0.25, 0.3) is 0 Å². The predicted octanol–water partition coefficient (Wildman–Crippen LogP) is 3.13. The molecule has 1 aliphatic heterocycles. The van der Waals surface area contributed by atoms with Crippen molar-refractivity contribution in [3.05, 3.63) is 28.8 Å². The minimum absolute atomic E-state index is 0.228. The Morgan fingerprint density at radius 1 is 1.33 bits per heavy atom. The van der Waals surface area contributed by atoms with Gasteiger partial charge in [-0.2, -0.15) is 4.31 Å². The van der Waals surface area contributed by atoms with Gasteiger partial charge in [0.15, 0.2) is 0 Å². The van der Waals surface area contributed by atoms with E-state index in [0.29, 0.717) is 30.6 Å². The molecule has 1 aromatic carbocycles. The van der Waals surface area contributed by atoms with Crippen LogP contribution in [0.4, 0.5) is 0 Å². The first-order valence-corrected chi connectivity index (χ1v) is 9.17. The number of ether oxygens (including phenoxy) is 1. The molecule has 0 unspecified atom stereocenters. The van der Waals surface area contributed by atoms with Gasteiger partial charge < -0.3 is 4.74 Å². The monoisotopic (exact) mass is 351 g/mol. The van der Waals surface area contributed by atoms with Crippen LogP contribution in [0.3, 0.4) is 0 Å². The highest BCUT2D eigenvalue weighted by Gasteiger charge is 2.29. The highest BCUT2D eigenvalue weighted by molar-refractivity contribution is 7.89. The molecule has 2 rings (SSSR count). The van der Waals surface area contributed by atoms with Crippen molar-refractivity contribution in [2.75, 3.05) is 26.8 Å². The smallest absolute Gasteiger partial charge is 0.243 e. The lowest BCUT2D eigenvalue weighted by atomic mass is 9.99. The van der Waals surface area contributed by atoms with Crippen LogP contribution in [-0.2, 0) is 20.6 Å². The van der Waals surface area contributed by atoms with Gasteiger partial charge in [-0.3, -0.25) is 0 Å². The summed E-state index contributed by atoms with van der Waals surface area (Å²) in [5.41, 5.74) is 0.732. The molecule has 1 heterocycles. The van der Waals surface area contributed by atoms with Crippen molar-refractivity contribution in [2.45, 2.75) is 23.6 Å². The van der Waals surface area contributed by atoms with Gasteiger partial charge in [0, 0.05) is 37.7 Å². The highest BCUT2D eigenvalue weighted by atomic mass is 35.5. The summed E-state index contributed by atoms with van der Waals surface area (Å²) in [6.07, 6.45) is 1.64. The molecule has 0 aromatic heterocycles. The third-order valence-corrected chi connectivity index (χ3v) is 6.32. The van der Waals surface area contributed by atoms with Gasteiger partial charge in [0.05, 0.1) is 4.90 Å². The molecule has 0 amide bonds. The van der Waals surface area contributed by atoms with Gasteiger partial charge in [-0.05, 0) is 36.5 Å². The second kappa shape index (κ2) is 7.29. The van der Waals surface area contributed by atoms with E-state index in [0.717, 1.165) is 18.4 Å². The SMILES string of the molecule is COCC1CCN(S(=O)(=O)c2ccc(CCl)c(Cl)c2)CC1. The highest BCUT2D eigenvalue weighted by Crippen LogP contribution is 2.27. The Kier molecular flexibility index (Phi) is 5.91. The van der Waals surface area contributed by atoms with Gasteiger partial charge in [0.2, 0.25) is 10.0 Å². The predicted molar refractivity (Wildman–Crippen MR) is 84.4 cm³/mol. The fraction of sp³-hybridized carbons (Fsp3) is 0.571. The van der Waals surface area contributed by atoms with Crippen molar-refractivity contribution in [1.29, 1.82) is 0 Å². The van der Waals surface area contributed by atoms with Gasteiger partial charge in [0.25, 0.3) is 0 Å². The summed E-state index contributed by atoms with van der Waals surface area (Å²) in [6, 6.07) is 4.72. The third-order valence-electron chi connectivity index (χ3n) is 3.78. The van der Waals surface area contributed by atoms with Crippen molar-refractivity contribution in [1.82, 2.24) is 4.31 Å². The summed E-state index contributed by atoms with van der Waals surface area (Å²) in [4.78, 5) is 0.228. The lowest BCUT2D eigenvalue weighted by Gasteiger charge is -2.30. The van der Waals surface area contributed by atoms with E-state index in [4.69, 9.17) is 27.9 Å². The summed E-state index contributed by atoms with van der Waals surface area (Å²) in [5.74, 6) is 0.699. The Balaban J connectivity index is 2.14. The zero-order valence-electron chi connectivity index (χ0n) is 11.9. The van der Waals surface area contributed by atoms with E-state index in [1.165, 1.54) is 10.4 Å². The van der Waals surface area contributed by atoms with Crippen LogP contribution in [0.15, 0.2) is 23.1 Å². The molecule has 21 heavy (non-hydrogen) atoms. The minimum atomic E-state index is -3.48. The second-order valence-electron chi connectivity index (χ2n) is 5.19. The number of piperidine rings is 1. The van der Waals surface area contributed by atoms with E-state index in [-0.39, 0.29) is 10.8 Å². The van der Waals surface area contributed by atoms with Gasteiger partial charge in [-0.15, -0.1) is 11.6 Å². The Labute approximate surface area is 136 Å². The lowest BCUT2D eigenvalue weighted by molar-refractivity contribution is 0.121. The maximum absolute atomic E-state index is 12.6. The summed E-state index contributed by atoms with van der Waals surface area (Å²) in [5, 5.41) is 0.389. The van der Waals surface area contributed by atoms with Crippen LogP contribution in [0.1, 0.15) is 18.4 Å². The summed E-state index contributed by atoms with van der Waals surface area (Å²) >= 11 is 11.8. The van der Waals surface area contributed by atoms with Crippen LogP contribution in [0.5, 0.6) is 0 Å². The Hall–Kier alpha value is -0.330. The van der Waals surface area contributed by atoms with Gasteiger partial charge in [0.1, 0.15) is 0 Å². The molecule has 1 aromatic rings. The Morgan fingerprint density at radius 3 is 2.52 bits per heavy atom. The fourth-order valence-electron chi connectivity index (χ4n) is 2.50. The maximum Gasteiger partial charge on any atom is 0.243 e. The molecular weight excluding hydrogens is 333 g/mol. The Bertz CT molecular complexity index is 584. The molecule has 1 fully saturated rings. The zero-order valence-corrected chi connectivity index (χ0v) is 14.2. The largest absolute Gasteiger partial charge is 0.384 e. The Morgan fingerprint density at radius 2 is 2.00 bits per heavy atom. The standard InChI is InChI=1S/C14H19Cl2NO3S/c1-20-10-11-4-6-17(7-5-11)21(18,19)13-3-2-12(9-15)14(16)8-13/h2-3,8,11H,4-7,9-10H2,1H3. The van der Waals surface area contributed by atoms with E-state index in [1.807, 2.05) is 0 Å². The zero-order chi connectivity index (χ0) is 15.5. The molecule has 0 spiro atoms. The molecule has 7 heteroatoms. The van der Waals surface area contributed by atoms with E-state index in [1.54, 1.807) is 19.2 Å². The maximum atomic E-state index is 12.6. The molecule has 118 valence electrons. The van der Waals surface area contributed by atoms with Crippen LogP contribution in [-0.4, -0.2) is 39.5 Å². The van der Waals surface area contributed by atoms with Gasteiger partial charge in [-0.25, -0.2) is 8.42 Å². The molecule has 0 saturated carbocycles. The number of alkyl halides is 1. The quantitative estimate of drug-likeness (QED) is 0.765. The van der Waals surface area contributed by atoms with Crippen molar-refractivity contribution < 1.29 is 13.2 Å². The van der Waals surface area contributed by atoms with Gasteiger partial charge in [-0.1, -0.05) is 17.7 Å². The number of rotatable bonds is 5. The number of benzene rings is 1. The van der Waals surface area contributed by atoms with Crippen LogP contribution >= 0.6 is 23.2 Å². The van der Waals surface area contributed by atoms with Crippen LogP contribution in [0.2, 0.25) is 5.02 Å². The average Bonchev–Trinajstić information content (AvgIpc) is 2.48. The molecule has 4 nitrogen and oxygen atoms in total. The summed E-state index contributed by atoms with van der Waals surface area (Å²) < 4.78 is 31.9. The number of sulfonamides is 1. The first-order chi connectivity index (χ1) is 9.98. The number of hydrogen-bond acceptors (Lipinski definition) is 3. The van der Waals surface area contributed by atoms with Gasteiger partial charge >= 0.3 is 0 Å². The average molecular weight is 352 g/mol. The molecule has 1 aliphatic rings. The number of hydrogen-bond donors (Lipinski definition) is 0. The first kappa shape index (κ1) is 17.0. The molecule has 1 saturated heterocycles. The second-order valence-corrected chi connectivity index (χ2v) is 7.80. The van der Waals surface area contributed by atoms with Crippen molar-refractivity contribution >= 4 is 33.2 Å². The first-order valence-electron chi connectivity index (χ1n) is 6.82. The van der Waals surface area contributed by atoms with Crippen LogP contribution < -0.4 is 0 Å². The van der Waals surface area contributed by atoms with E-state index in [9.17, 15) is 8.42 Å². The van der Waals surface area contributed by atoms with Crippen LogP contribution in [0, 0.1) is 5.92 Å². The minimum Gasteiger partial charge on any atom is -0.384 e. The third kappa shape index (κ3) is 3.90. The fourth-order valence-corrected chi connectivity index (χ4v) is 4.61. The summed E-state index contributed by atoms with van der Waals surface area (Å²) in [7, 11) is -1.81. The molecule has 0 atom stereocenters. The van der Waals surface area contributed by atoms with Crippen molar-refractivity contribution in [3.63, 3.8) is 0 Å². The molecule has 0 aliphatic carbocycles. The number of methoxy groups -OCH3 is 1.